The van der Waals surface area contributed by atoms with Gasteiger partial charge in [0.1, 0.15) is 12.3 Å². The van der Waals surface area contributed by atoms with Gasteiger partial charge >= 0.3 is 6.18 Å². The first kappa shape index (κ1) is 18.4. The molecule has 0 bridgehead atoms. The third-order valence-corrected chi connectivity index (χ3v) is 3.93. The summed E-state index contributed by atoms with van der Waals surface area (Å²) in [5, 5.41) is 0.377. The fraction of sp³-hybridized carbons (Fsp3) is 0.467. The van der Waals surface area contributed by atoms with Crippen LogP contribution < -0.4 is 9.64 Å². The van der Waals surface area contributed by atoms with E-state index in [9.17, 15) is 22.8 Å². The number of rotatable bonds is 4. The molecule has 1 heterocycles. The highest BCUT2D eigenvalue weighted by molar-refractivity contribution is 6.31. The molecule has 0 aromatic heterocycles. The summed E-state index contributed by atoms with van der Waals surface area (Å²) in [5.74, 6) is -1.53. The molecule has 1 fully saturated rings. The Morgan fingerprint density at radius 1 is 1.46 bits per heavy atom. The molecule has 9 heteroatoms. The highest BCUT2D eigenvalue weighted by atomic mass is 35.5. The number of methoxy groups -OCH3 is 1. The van der Waals surface area contributed by atoms with E-state index >= 15 is 0 Å². The fourth-order valence-electron chi connectivity index (χ4n) is 2.64. The number of hydrogen-bond donors (Lipinski definition) is 0. The van der Waals surface area contributed by atoms with Gasteiger partial charge in [-0.15, -0.1) is 0 Å². The lowest BCUT2D eigenvalue weighted by Crippen LogP contribution is -2.40. The third kappa shape index (κ3) is 4.11. The molecule has 0 saturated carbocycles. The van der Waals surface area contributed by atoms with Crippen LogP contribution in [0.15, 0.2) is 18.2 Å². The van der Waals surface area contributed by atoms with Gasteiger partial charge in [0.15, 0.2) is 0 Å². The number of halogens is 4. The summed E-state index contributed by atoms with van der Waals surface area (Å²) >= 11 is 5.93. The predicted octanol–water partition coefficient (Wildman–Crippen LogP) is 2.72. The van der Waals surface area contributed by atoms with Crippen molar-refractivity contribution in [2.24, 2.45) is 5.92 Å². The summed E-state index contributed by atoms with van der Waals surface area (Å²) in [4.78, 5) is 26.3. The van der Waals surface area contributed by atoms with Gasteiger partial charge in [-0.2, -0.15) is 13.2 Å². The van der Waals surface area contributed by atoms with E-state index in [0.717, 1.165) is 7.05 Å². The number of carbonyl (C=O) groups is 2. The molecule has 2 amide bonds. The van der Waals surface area contributed by atoms with E-state index in [1.54, 1.807) is 12.1 Å². The Balaban J connectivity index is 2.17. The SMILES string of the molecule is COc1ccc(Cl)cc1N1CC(C(=O)N(C)CC(F)(F)F)CC1=O. The summed E-state index contributed by atoms with van der Waals surface area (Å²) in [6, 6.07) is 4.69. The molecule has 1 aliphatic rings. The van der Waals surface area contributed by atoms with Crippen LogP contribution in [0.25, 0.3) is 0 Å². The maximum atomic E-state index is 12.4. The molecule has 1 aliphatic heterocycles. The van der Waals surface area contributed by atoms with Crippen molar-refractivity contribution < 1.29 is 27.5 Å². The summed E-state index contributed by atoms with van der Waals surface area (Å²) < 4.78 is 42.4. The van der Waals surface area contributed by atoms with Crippen LogP contribution in [0.4, 0.5) is 18.9 Å². The molecule has 1 atom stereocenters. The lowest BCUT2D eigenvalue weighted by Gasteiger charge is -2.23. The van der Waals surface area contributed by atoms with Gasteiger partial charge in [0.25, 0.3) is 0 Å². The average molecular weight is 365 g/mol. The Morgan fingerprint density at radius 2 is 2.12 bits per heavy atom. The number of hydrogen-bond acceptors (Lipinski definition) is 3. The number of nitrogens with zero attached hydrogens (tertiary/aromatic N) is 2. The van der Waals surface area contributed by atoms with Crippen LogP contribution >= 0.6 is 11.6 Å². The Labute approximate surface area is 141 Å². The number of alkyl halides is 3. The first-order valence-corrected chi connectivity index (χ1v) is 7.46. The number of benzene rings is 1. The second-order valence-corrected chi connectivity index (χ2v) is 5.97. The Kier molecular flexibility index (Phi) is 5.27. The van der Waals surface area contributed by atoms with Crippen molar-refractivity contribution in [3.63, 3.8) is 0 Å². The van der Waals surface area contributed by atoms with Crippen molar-refractivity contribution in [1.82, 2.24) is 4.90 Å². The second-order valence-electron chi connectivity index (χ2n) is 5.53. The maximum Gasteiger partial charge on any atom is 0.406 e. The quantitative estimate of drug-likeness (QED) is 0.825. The highest BCUT2D eigenvalue weighted by Crippen LogP contribution is 2.35. The van der Waals surface area contributed by atoms with Gasteiger partial charge in [0.2, 0.25) is 11.8 Å². The zero-order valence-electron chi connectivity index (χ0n) is 13.1. The predicted molar refractivity (Wildman–Crippen MR) is 82.2 cm³/mol. The lowest BCUT2D eigenvalue weighted by molar-refractivity contribution is -0.160. The monoisotopic (exact) mass is 364 g/mol. The molecule has 1 unspecified atom stereocenters. The van der Waals surface area contributed by atoms with Crippen molar-refractivity contribution in [3.05, 3.63) is 23.2 Å². The van der Waals surface area contributed by atoms with E-state index in [4.69, 9.17) is 16.3 Å². The van der Waals surface area contributed by atoms with Crippen molar-refractivity contribution >= 4 is 29.1 Å². The topological polar surface area (TPSA) is 49.9 Å². The Bertz CT molecular complexity index is 651. The molecule has 1 aromatic rings. The summed E-state index contributed by atoms with van der Waals surface area (Å²) in [5.41, 5.74) is 0.392. The van der Waals surface area contributed by atoms with Gasteiger partial charge < -0.3 is 14.5 Å². The Morgan fingerprint density at radius 3 is 2.71 bits per heavy atom. The molecule has 0 radical (unpaired) electrons. The van der Waals surface area contributed by atoms with Crippen LogP contribution in [0, 0.1) is 5.92 Å². The van der Waals surface area contributed by atoms with Gasteiger partial charge in [0, 0.05) is 25.0 Å². The van der Waals surface area contributed by atoms with E-state index in [1.807, 2.05) is 0 Å². The molecular formula is C15H16ClF3N2O3. The first-order valence-electron chi connectivity index (χ1n) is 7.08. The standard InChI is InChI=1S/C15H16ClF3N2O3/c1-20(8-15(17,18)19)14(23)9-5-13(22)21(7-9)11-6-10(16)3-4-12(11)24-2/h3-4,6,9H,5,7-8H2,1-2H3. The first-order chi connectivity index (χ1) is 11.1. The third-order valence-electron chi connectivity index (χ3n) is 3.70. The summed E-state index contributed by atoms with van der Waals surface area (Å²) in [7, 11) is 2.50. The molecule has 2 rings (SSSR count). The second kappa shape index (κ2) is 6.88. The van der Waals surface area contributed by atoms with Crippen molar-refractivity contribution in [3.8, 4) is 5.75 Å². The Hall–Kier alpha value is -1.96. The smallest absolute Gasteiger partial charge is 0.406 e. The van der Waals surface area contributed by atoms with Gasteiger partial charge in [-0.1, -0.05) is 11.6 Å². The molecule has 5 nitrogen and oxygen atoms in total. The maximum absolute atomic E-state index is 12.4. The van der Waals surface area contributed by atoms with Crippen LogP contribution in [-0.2, 0) is 9.59 Å². The average Bonchev–Trinajstić information content (AvgIpc) is 2.86. The normalized spacial score (nSPS) is 18.0. The van der Waals surface area contributed by atoms with Crippen LogP contribution in [0.5, 0.6) is 5.75 Å². The minimum Gasteiger partial charge on any atom is -0.495 e. The van der Waals surface area contributed by atoms with Crippen LogP contribution in [0.2, 0.25) is 5.02 Å². The number of carbonyl (C=O) groups excluding carboxylic acids is 2. The zero-order valence-corrected chi connectivity index (χ0v) is 13.8. The molecule has 0 aliphatic carbocycles. The number of ether oxygens (including phenoxy) is 1. The van der Waals surface area contributed by atoms with Gasteiger partial charge in [0.05, 0.1) is 18.7 Å². The van der Waals surface area contributed by atoms with E-state index in [-0.39, 0.29) is 18.9 Å². The van der Waals surface area contributed by atoms with E-state index in [2.05, 4.69) is 0 Å². The van der Waals surface area contributed by atoms with E-state index in [0.29, 0.717) is 21.4 Å². The van der Waals surface area contributed by atoms with Gasteiger partial charge in [-0.3, -0.25) is 9.59 Å². The van der Waals surface area contributed by atoms with Crippen LogP contribution in [-0.4, -0.2) is 50.1 Å². The molecule has 24 heavy (non-hydrogen) atoms. The van der Waals surface area contributed by atoms with Crippen molar-refractivity contribution in [2.75, 3.05) is 32.1 Å². The van der Waals surface area contributed by atoms with Crippen molar-refractivity contribution in [2.45, 2.75) is 12.6 Å². The minimum absolute atomic E-state index is 0.0173. The van der Waals surface area contributed by atoms with Crippen LogP contribution in [0.1, 0.15) is 6.42 Å². The molecule has 1 saturated heterocycles. The summed E-state index contributed by atoms with van der Waals surface area (Å²) in [6.07, 6.45) is -4.64. The molecule has 0 N–H and O–H groups in total. The van der Waals surface area contributed by atoms with E-state index in [1.165, 1.54) is 18.1 Å². The number of anilines is 1. The van der Waals surface area contributed by atoms with Gasteiger partial charge in [-0.25, -0.2) is 0 Å². The number of amides is 2. The van der Waals surface area contributed by atoms with E-state index < -0.39 is 24.5 Å². The summed E-state index contributed by atoms with van der Waals surface area (Å²) in [6.45, 7) is -1.37. The minimum atomic E-state index is -4.48. The molecular weight excluding hydrogens is 349 g/mol. The largest absolute Gasteiger partial charge is 0.495 e. The molecule has 0 spiro atoms. The van der Waals surface area contributed by atoms with Crippen molar-refractivity contribution in [1.29, 1.82) is 0 Å². The highest BCUT2D eigenvalue weighted by Gasteiger charge is 2.40. The van der Waals surface area contributed by atoms with Crippen LogP contribution in [0.3, 0.4) is 0 Å². The molecule has 132 valence electrons. The lowest BCUT2D eigenvalue weighted by atomic mass is 10.1. The molecule has 1 aromatic carbocycles. The zero-order chi connectivity index (χ0) is 18.1. The fourth-order valence-corrected chi connectivity index (χ4v) is 2.80. The van der Waals surface area contributed by atoms with Gasteiger partial charge in [-0.05, 0) is 18.2 Å².